The van der Waals surface area contributed by atoms with E-state index >= 15 is 0 Å². The van der Waals surface area contributed by atoms with Crippen molar-refractivity contribution in [1.29, 1.82) is 0 Å². The molecule has 5 heteroatoms. The van der Waals surface area contributed by atoms with E-state index in [0.29, 0.717) is 26.1 Å². The zero-order valence-electron chi connectivity index (χ0n) is 19.8. The van der Waals surface area contributed by atoms with Gasteiger partial charge >= 0.3 is 0 Å². The normalized spacial score (nSPS) is 11.9. The van der Waals surface area contributed by atoms with E-state index in [4.69, 9.17) is 0 Å². The maximum Gasteiger partial charge on any atom is 0.242 e. The third kappa shape index (κ3) is 7.29. The molecule has 0 spiro atoms. The van der Waals surface area contributed by atoms with Gasteiger partial charge in [-0.05, 0) is 34.9 Å². The number of rotatable bonds is 11. The fourth-order valence-electron chi connectivity index (χ4n) is 4.02. The van der Waals surface area contributed by atoms with Crippen LogP contribution in [0, 0.1) is 5.92 Å². The van der Waals surface area contributed by atoms with Gasteiger partial charge in [-0.3, -0.25) is 9.59 Å². The summed E-state index contributed by atoms with van der Waals surface area (Å²) in [6.45, 7) is 7.93. The minimum absolute atomic E-state index is 0.0239. The van der Waals surface area contributed by atoms with Crippen molar-refractivity contribution < 1.29 is 9.59 Å². The first-order chi connectivity index (χ1) is 16.0. The molecule has 2 aromatic carbocycles. The van der Waals surface area contributed by atoms with E-state index in [-0.39, 0.29) is 30.2 Å². The van der Waals surface area contributed by atoms with Gasteiger partial charge in [-0.1, -0.05) is 87.5 Å². The predicted molar refractivity (Wildman–Crippen MR) is 136 cm³/mol. The molecule has 1 unspecified atom stereocenters. The van der Waals surface area contributed by atoms with Crippen LogP contribution in [0.4, 0.5) is 0 Å². The van der Waals surface area contributed by atoms with Gasteiger partial charge in [0, 0.05) is 18.0 Å². The van der Waals surface area contributed by atoms with E-state index in [2.05, 4.69) is 19.9 Å². The molecule has 2 amide bonds. The third-order valence-electron chi connectivity index (χ3n) is 5.63. The summed E-state index contributed by atoms with van der Waals surface area (Å²) in [4.78, 5) is 31.9. The number of benzene rings is 2. The first kappa shape index (κ1) is 24.7. The summed E-state index contributed by atoms with van der Waals surface area (Å²) in [5.74, 6) is 0.0400. The molecule has 4 nitrogen and oxygen atoms in total. The van der Waals surface area contributed by atoms with E-state index in [1.54, 1.807) is 16.2 Å². The predicted octanol–water partition coefficient (Wildman–Crippen LogP) is 5.96. The average Bonchev–Trinajstić information content (AvgIpc) is 3.33. The molecule has 3 aromatic rings. The second-order valence-corrected chi connectivity index (χ2v) is 9.83. The van der Waals surface area contributed by atoms with Gasteiger partial charge in [0.1, 0.15) is 0 Å². The van der Waals surface area contributed by atoms with Crippen molar-refractivity contribution in [3.8, 4) is 0 Å². The number of amides is 2. The molecule has 33 heavy (non-hydrogen) atoms. The summed E-state index contributed by atoms with van der Waals surface area (Å²) in [6, 6.07) is 24.0. The molecule has 0 N–H and O–H groups in total. The highest BCUT2D eigenvalue weighted by atomic mass is 32.1. The van der Waals surface area contributed by atoms with Crippen molar-refractivity contribution in [2.75, 3.05) is 13.1 Å². The molecule has 174 valence electrons. The van der Waals surface area contributed by atoms with Crippen LogP contribution in [0.3, 0.4) is 0 Å². The van der Waals surface area contributed by atoms with Gasteiger partial charge in [0.2, 0.25) is 11.8 Å². The number of thiophene rings is 1. The molecule has 0 saturated carbocycles. The van der Waals surface area contributed by atoms with Gasteiger partial charge in [-0.15, -0.1) is 11.3 Å². The van der Waals surface area contributed by atoms with Gasteiger partial charge in [-0.2, -0.15) is 0 Å². The topological polar surface area (TPSA) is 40.6 Å². The fourth-order valence-corrected chi connectivity index (χ4v) is 4.74. The zero-order chi connectivity index (χ0) is 23.6. The van der Waals surface area contributed by atoms with Crippen LogP contribution in [0.15, 0.2) is 78.2 Å². The zero-order valence-corrected chi connectivity index (χ0v) is 20.6. The number of nitrogens with zero attached hydrogens (tertiary/aromatic N) is 2. The SMILES string of the molecule is CCC(C(=O)N(CC(=O)N(Cc1ccccc1)Cc1cccs1)CC(C)C)c1ccccc1. The highest BCUT2D eigenvalue weighted by molar-refractivity contribution is 7.09. The third-order valence-corrected chi connectivity index (χ3v) is 6.49. The minimum Gasteiger partial charge on any atom is -0.333 e. The first-order valence-electron chi connectivity index (χ1n) is 11.7. The molecule has 1 atom stereocenters. The second-order valence-electron chi connectivity index (χ2n) is 8.80. The van der Waals surface area contributed by atoms with Gasteiger partial charge in [0.15, 0.2) is 0 Å². The summed E-state index contributed by atoms with van der Waals surface area (Å²) < 4.78 is 0. The highest BCUT2D eigenvalue weighted by Gasteiger charge is 2.28. The molecule has 0 fully saturated rings. The minimum atomic E-state index is -0.238. The Bertz CT molecular complexity index is 987. The van der Waals surface area contributed by atoms with Crippen LogP contribution in [-0.2, 0) is 22.7 Å². The number of hydrogen-bond acceptors (Lipinski definition) is 3. The Morgan fingerprint density at radius 1 is 0.848 bits per heavy atom. The summed E-state index contributed by atoms with van der Waals surface area (Å²) in [5.41, 5.74) is 2.09. The summed E-state index contributed by atoms with van der Waals surface area (Å²) in [5, 5.41) is 2.03. The quantitative estimate of drug-likeness (QED) is 0.353. The number of carbonyl (C=O) groups is 2. The fraction of sp³-hybridized carbons (Fsp3) is 0.357. The summed E-state index contributed by atoms with van der Waals surface area (Å²) in [6.07, 6.45) is 0.703. The molecular formula is C28H34N2O2S. The Morgan fingerprint density at radius 2 is 1.52 bits per heavy atom. The molecule has 0 aliphatic heterocycles. The van der Waals surface area contributed by atoms with Crippen LogP contribution in [0.2, 0.25) is 0 Å². The maximum atomic E-state index is 13.6. The summed E-state index contributed by atoms with van der Waals surface area (Å²) >= 11 is 1.65. The van der Waals surface area contributed by atoms with Gasteiger partial charge in [0.25, 0.3) is 0 Å². The van der Waals surface area contributed by atoms with Crippen molar-refractivity contribution in [1.82, 2.24) is 9.80 Å². The monoisotopic (exact) mass is 462 g/mol. The van der Waals surface area contributed by atoms with Crippen molar-refractivity contribution in [3.05, 3.63) is 94.2 Å². The Balaban J connectivity index is 1.81. The van der Waals surface area contributed by atoms with E-state index in [1.807, 2.05) is 83.9 Å². The number of hydrogen-bond donors (Lipinski definition) is 0. The molecule has 0 aliphatic carbocycles. The van der Waals surface area contributed by atoms with Gasteiger partial charge < -0.3 is 9.80 Å². The van der Waals surface area contributed by atoms with Crippen LogP contribution in [0.1, 0.15) is 49.1 Å². The molecule has 0 bridgehead atoms. The van der Waals surface area contributed by atoms with Crippen LogP contribution in [0.5, 0.6) is 0 Å². The lowest BCUT2D eigenvalue weighted by Gasteiger charge is -2.31. The average molecular weight is 463 g/mol. The molecular weight excluding hydrogens is 428 g/mol. The molecule has 0 saturated heterocycles. The lowest BCUT2D eigenvalue weighted by atomic mass is 9.94. The molecule has 0 aliphatic rings. The number of carbonyl (C=O) groups excluding carboxylic acids is 2. The Kier molecular flexibility index (Phi) is 9.25. The van der Waals surface area contributed by atoms with Crippen molar-refractivity contribution in [3.63, 3.8) is 0 Å². The van der Waals surface area contributed by atoms with E-state index in [0.717, 1.165) is 16.0 Å². The van der Waals surface area contributed by atoms with Crippen LogP contribution in [-0.4, -0.2) is 34.7 Å². The molecule has 1 heterocycles. The second kappa shape index (κ2) is 12.4. The molecule has 1 aromatic heterocycles. The first-order valence-corrected chi connectivity index (χ1v) is 12.5. The van der Waals surface area contributed by atoms with Gasteiger partial charge in [-0.25, -0.2) is 0 Å². The van der Waals surface area contributed by atoms with Crippen molar-refractivity contribution in [2.45, 2.75) is 46.2 Å². The Hall–Kier alpha value is -2.92. The smallest absolute Gasteiger partial charge is 0.242 e. The largest absolute Gasteiger partial charge is 0.333 e. The van der Waals surface area contributed by atoms with Crippen LogP contribution in [0.25, 0.3) is 0 Å². The van der Waals surface area contributed by atoms with Crippen molar-refractivity contribution in [2.24, 2.45) is 5.92 Å². The van der Waals surface area contributed by atoms with E-state index in [1.165, 1.54) is 0 Å². The van der Waals surface area contributed by atoms with Crippen LogP contribution < -0.4 is 0 Å². The van der Waals surface area contributed by atoms with E-state index < -0.39 is 0 Å². The van der Waals surface area contributed by atoms with Crippen LogP contribution >= 0.6 is 11.3 Å². The maximum absolute atomic E-state index is 13.6. The Morgan fingerprint density at radius 3 is 2.09 bits per heavy atom. The lowest BCUT2D eigenvalue weighted by molar-refractivity contribution is -0.142. The standard InChI is InChI=1S/C28H34N2O2S/c1-4-26(24-14-9-6-10-15-24)28(32)30(18-22(2)3)21-27(31)29(20-25-16-11-17-33-25)19-23-12-7-5-8-13-23/h5-17,22,26H,4,18-21H2,1-3H3. The molecule has 0 radical (unpaired) electrons. The highest BCUT2D eigenvalue weighted by Crippen LogP contribution is 2.23. The van der Waals surface area contributed by atoms with Gasteiger partial charge in [0.05, 0.1) is 19.0 Å². The lowest BCUT2D eigenvalue weighted by Crippen LogP contribution is -2.45. The Labute approximate surface area is 201 Å². The summed E-state index contributed by atoms with van der Waals surface area (Å²) in [7, 11) is 0. The molecule has 3 rings (SSSR count). The van der Waals surface area contributed by atoms with Crippen molar-refractivity contribution >= 4 is 23.2 Å². The van der Waals surface area contributed by atoms with E-state index in [9.17, 15) is 9.59 Å².